The van der Waals surface area contributed by atoms with Gasteiger partial charge in [-0.05, 0) is 49.3 Å². The number of hydrogen-bond acceptors (Lipinski definition) is 6. The van der Waals surface area contributed by atoms with E-state index in [1.807, 2.05) is 36.9 Å². The highest BCUT2D eigenvalue weighted by molar-refractivity contribution is 7.99. The Hall–Kier alpha value is -2.67. The van der Waals surface area contributed by atoms with Gasteiger partial charge in [0.25, 0.3) is 0 Å². The molecule has 1 saturated heterocycles. The number of pyridine rings is 2. The maximum absolute atomic E-state index is 4.89. The zero-order valence-corrected chi connectivity index (χ0v) is 17.7. The van der Waals surface area contributed by atoms with Crippen molar-refractivity contribution in [2.24, 2.45) is 5.41 Å². The van der Waals surface area contributed by atoms with Gasteiger partial charge in [-0.25, -0.2) is 19.9 Å². The van der Waals surface area contributed by atoms with Crippen LogP contribution in [0.3, 0.4) is 0 Å². The van der Waals surface area contributed by atoms with Crippen LogP contribution in [0.25, 0.3) is 16.7 Å². The Labute approximate surface area is 179 Å². The molecule has 152 valence electrons. The van der Waals surface area contributed by atoms with Gasteiger partial charge in [-0.3, -0.25) is 4.40 Å². The summed E-state index contributed by atoms with van der Waals surface area (Å²) < 4.78 is 2.15. The summed E-state index contributed by atoms with van der Waals surface area (Å²) in [5.74, 6) is 1.01. The summed E-state index contributed by atoms with van der Waals surface area (Å²) in [5, 5.41) is 1.05. The molecule has 7 heteroatoms. The molecule has 0 bridgehead atoms. The molecule has 0 aromatic carbocycles. The maximum Gasteiger partial charge on any atom is 0.211 e. The lowest BCUT2D eigenvalue weighted by atomic mass is 9.77. The molecule has 1 spiro atoms. The first-order chi connectivity index (χ1) is 14.8. The van der Waals surface area contributed by atoms with Crippen molar-refractivity contribution in [2.45, 2.75) is 48.3 Å². The lowest BCUT2D eigenvalue weighted by Gasteiger charge is -2.39. The summed E-state index contributed by atoms with van der Waals surface area (Å²) in [6.07, 6.45) is 17.7. The number of nitrogens with zero attached hydrogens (tertiary/aromatic N) is 6. The van der Waals surface area contributed by atoms with Gasteiger partial charge in [0.05, 0.1) is 4.90 Å². The molecular formula is C23H24N6S. The van der Waals surface area contributed by atoms with Gasteiger partial charge in [0.2, 0.25) is 5.95 Å². The van der Waals surface area contributed by atoms with Crippen LogP contribution in [0.4, 0.5) is 5.95 Å². The molecule has 30 heavy (non-hydrogen) atoms. The molecule has 1 saturated carbocycles. The number of hydrogen-bond donors (Lipinski definition) is 0. The molecule has 2 aliphatic rings. The highest BCUT2D eigenvalue weighted by Gasteiger charge is 2.37. The molecule has 4 aromatic rings. The molecule has 4 aromatic heterocycles. The molecule has 0 unspecified atom stereocenters. The fourth-order valence-electron chi connectivity index (χ4n) is 5.16. The first-order valence-corrected chi connectivity index (χ1v) is 11.6. The first-order valence-electron chi connectivity index (χ1n) is 10.8. The van der Waals surface area contributed by atoms with Crippen molar-refractivity contribution in [3.05, 3.63) is 49.2 Å². The zero-order valence-electron chi connectivity index (χ0n) is 16.9. The SMILES string of the molecule is c1cnc2nccc(Sc3cnc(N4CCC5(CCCC5)CC4)n4ccnc34)c2c1. The Balaban J connectivity index is 1.32. The van der Waals surface area contributed by atoms with E-state index in [-0.39, 0.29) is 0 Å². The number of piperidine rings is 1. The van der Waals surface area contributed by atoms with Gasteiger partial charge in [-0.1, -0.05) is 24.6 Å². The fraction of sp³-hybridized carbons (Fsp3) is 0.391. The lowest BCUT2D eigenvalue weighted by molar-refractivity contribution is 0.225. The van der Waals surface area contributed by atoms with Gasteiger partial charge < -0.3 is 4.90 Å². The lowest BCUT2D eigenvalue weighted by Crippen LogP contribution is -2.40. The topological polar surface area (TPSA) is 59.2 Å². The van der Waals surface area contributed by atoms with Crippen molar-refractivity contribution in [3.8, 4) is 0 Å². The van der Waals surface area contributed by atoms with E-state index in [2.05, 4.69) is 30.3 Å². The minimum Gasteiger partial charge on any atom is -0.342 e. The summed E-state index contributed by atoms with van der Waals surface area (Å²) in [4.78, 5) is 22.9. The molecule has 5 heterocycles. The molecular weight excluding hydrogens is 392 g/mol. The number of anilines is 1. The maximum atomic E-state index is 4.89. The summed E-state index contributed by atoms with van der Waals surface area (Å²) in [6, 6.07) is 6.05. The van der Waals surface area contributed by atoms with Crippen molar-refractivity contribution >= 4 is 34.4 Å². The van der Waals surface area contributed by atoms with Crippen LogP contribution in [0.15, 0.2) is 59.0 Å². The van der Waals surface area contributed by atoms with Crippen LogP contribution in [0.1, 0.15) is 38.5 Å². The van der Waals surface area contributed by atoms with Crippen molar-refractivity contribution in [3.63, 3.8) is 0 Å². The Morgan fingerprint density at radius 1 is 0.833 bits per heavy atom. The molecule has 0 N–H and O–H groups in total. The Kier molecular flexibility index (Phi) is 4.37. The van der Waals surface area contributed by atoms with Crippen molar-refractivity contribution in [1.82, 2.24) is 24.3 Å². The standard InChI is InChI=1S/C23H24N6S/c1-2-7-23(6-1)8-13-28(14-9-23)22-27-16-19(21-26-12-15-29(21)22)30-18-5-11-25-20-17(18)4-3-10-24-20/h3-5,10-12,15-16H,1-2,6-9,13-14H2. The molecule has 0 amide bonds. The van der Waals surface area contributed by atoms with Gasteiger partial charge in [0, 0.05) is 54.4 Å². The molecule has 1 aliphatic heterocycles. The average molecular weight is 417 g/mol. The van der Waals surface area contributed by atoms with Crippen LogP contribution in [-0.2, 0) is 0 Å². The van der Waals surface area contributed by atoms with Crippen LogP contribution in [-0.4, -0.2) is 37.4 Å². The zero-order chi connectivity index (χ0) is 20.0. The van der Waals surface area contributed by atoms with Crippen LogP contribution < -0.4 is 4.90 Å². The quantitative estimate of drug-likeness (QED) is 0.469. The van der Waals surface area contributed by atoms with Crippen molar-refractivity contribution < 1.29 is 0 Å². The normalized spacial score (nSPS) is 18.6. The van der Waals surface area contributed by atoms with Crippen LogP contribution in [0, 0.1) is 5.41 Å². The van der Waals surface area contributed by atoms with E-state index in [9.17, 15) is 0 Å². The third-order valence-electron chi connectivity index (χ3n) is 6.84. The second-order valence-electron chi connectivity index (χ2n) is 8.52. The largest absolute Gasteiger partial charge is 0.342 e. The van der Waals surface area contributed by atoms with E-state index < -0.39 is 0 Å². The minimum atomic E-state index is 0.608. The summed E-state index contributed by atoms with van der Waals surface area (Å²) in [5.41, 5.74) is 2.33. The predicted octanol–water partition coefficient (Wildman–Crippen LogP) is 4.98. The second kappa shape index (κ2) is 7.23. The van der Waals surface area contributed by atoms with Crippen molar-refractivity contribution in [2.75, 3.05) is 18.0 Å². The highest BCUT2D eigenvalue weighted by atomic mass is 32.2. The first kappa shape index (κ1) is 18.1. The summed E-state index contributed by atoms with van der Waals surface area (Å²) in [6.45, 7) is 2.18. The highest BCUT2D eigenvalue weighted by Crippen LogP contribution is 2.46. The van der Waals surface area contributed by atoms with Crippen LogP contribution >= 0.6 is 11.8 Å². The molecule has 6 nitrogen and oxygen atoms in total. The Bertz CT molecular complexity index is 1200. The molecule has 1 aliphatic carbocycles. The number of rotatable bonds is 3. The van der Waals surface area contributed by atoms with E-state index in [4.69, 9.17) is 4.98 Å². The summed E-state index contributed by atoms with van der Waals surface area (Å²) in [7, 11) is 0. The van der Waals surface area contributed by atoms with Gasteiger partial charge in [0.1, 0.15) is 0 Å². The Morgan fingerprint density at radius 3 is 2.53 bits per heavy atom. The van der Waals surface area contributed by atoms with E-state index in [0.717, 1.165) is 45.5 Å². The van der Waals surface area contributed by atoms with Gasteiger partial charge in [-0.15, -0.1) is 0 Å². The van der Waals surface area contributed by atoms with E-state index in [0.29, 0.717) is 5.41 Å². The van der Waals surface area contributed by atoms with Crippen LogP contribution in [0.5, 0.6) is 0 Å². The van der Waals surface area contributed by atoms with E-state index >= 15 is 0 Å². The summed E-state index contributed by atoms with van der Waals surface area (Å²) >= 11 is 1.68. The third kappa shape index (κ3) is 3.03. The minimum absolute atomic E-state index is 0.608. The Morgan fingerprint density at radius 2 is 1.67 bits per heavy atom. The monoisotopic (exact) mass is 416 g/mol. The van der Waals surface area contributed by atoms with E-state index in [1.165, 1.54) is 38.5 Å². The third-order valence-corrected chi connectivity index (χ3v) is 7.92. The van der Waals surface area contributed by atoms with Crippen molar-refractivity contribution in [1.29, 1.82) is 0 Å². The van der Waals surface area contributed by atoms with Gasteiger partial charge in [-0.2, -0.15) is 0 Å². The molecule has 0 radical (unpaired) electrons. The smallest absolute Gasteiger partial charge is 0.211 e. The number of aromatic nitrogens is 5. The fourth-order valence-corrected chi connectivity index (χ4v) is 6.14. The number of imidazole rings is 1. The van der Waals surface area contributed by atoms with Gasteiger partial charge in [0.15, 0.2) is 11.3 Å². The molecule has 6 rings (SSSR count). The van der Waals surface area contributed by atoms with E-state index in [1.54, 1.807) is 18.0 Å². The van der Waals surface area contributed by atoms with Gasteiger partial charge >= 0.3 is 0 Å². The number of fused-ring (bicyclic) bond motifs is 2. The predicted molar refractivity (Wildman–Crippen MR) is 119 cm³/mol. The second-order valence-corrected chi connectivity index (χ2v) is 9.61. The molecule has 0 atom stereocenters. The van der Waals surface area contributed by atoms with Crippen LogP contribution in [0.2, 0.25) is 0 Å². The average Bonchev–Trinajstić information content (AvgIpc) is 3.46. The molecule has 2 fully saturated rings.